The van der Waals surface area contributed by atoms with Gasteiger partial charge in [-0.1, -0.05) is 6.92 Å². The number of morpholine rings is 1. The average Bonchev–Trinajstić information content (AvgIpc) is 2.75. The van der Waals surface area contributed by atoms with Gasteiger partial charge in [-0.05, 0) is 11.8 Å². The first-order chi connectivity index (χ1) is 8.19. The fourth-order valence-corrected chi connectivity index (χ4v) is 1.98. The van der Waals surface area contributed by atoms with Gasteiger partial charge in [0.15, 0.2) is 5.82 Å². The summed E-state index contributed by atoms with van der Waals surface area (Å²) in [4.78, 5) is 3.66. The van der Waals surface area contributed by atoms with Crippen LogP contribution in [0, 0.1) is 0 Å². The molecule has 0 radical (unpaired) electrons. The van der Waals surface area contributed by atoms with Crippen molar-refractivity contribution in [1.82, 2.24) is 25.1 Å². The third-order valence-corrected chi connectivity index (χ3v) is 3.00. The summed E-state index contributed by atoms with van der Waals surface area (Å²) in [5.74, 6) is 0.553. The molecule has 2 rings (SSSR count). The average molecular weight is 241 g/mol. The molecule has 0 saturated carbocycles. The second kappa shape index (κ2) is 5.52. The van der Waals surface area contributed by atoms with Gasteiger partial charge >= 0.3 is 0 Å². The molecule has 0 amide bonds. The summed E-state index contributed by atoms with van der Waals surface area (Å²) in [6.07, 6.45) is -0.350. The van der Waals surface area contributed by atoms with Crippen molar-refractivity contribution >= 4 is 0 Å². The molecule has 96 valence electrons. The third kappa shape index (κ3) is 3.21. The molecule has 1 aromatic rings. The number of aromatic nitrogens is 4. The Morgan fingerprint density at radius 1 is 1.59 bits per heavy atom. The number of nitrogens with zero attached hydrogens (tertiary/aromatic N) is 5. The van der Waals surface area contributed by atoms with Crippen molar-refractivity contribution in [2.45, 2.75) is 25.6 Å². The maximum absolute atomic E-state index is 10.1. The van der Waals surface area contributed by atoms with Crippen LogP contribution in [-0.2, 0) is 18.2 Å². The van der Waals surface area contributed by atoms with Crippen molar-refractivity contribution in [3.05, 3.63) is 5.82 Å². The zero-order valence-electron chi connectivity index (χ0n) is 10.3. The van der Waals surface area contributed by atoms with Crippen LogP contribution in [0.2, 0.25) is 0 Å². The Bertz CT molecular complexity index is 356. The summed E-state index contributed by atoms with van der Waals surface area (Å²) < 4.78 is 5.58. The van der Waals surface area contributed by atoms with E-state index in [-0.39, 0.29) is 6.10 Å². The van der Waals surface area contributed by atoms with E-state index in [1.165, 1.54) is 4.80 Å². The van der Waals surface area contributed by atoms with Gasteiger partial charge in [-0.25, -0.2) is 0 Å². The smallest absolute Gasteiger partial charge is 0.177 e. The minimum atomic E-state index is -0.575. The Hall–Kier alpha value is -1.05. The van der Waals surface area contributed by atoms with Gasteiger partial charge in [-0.2, -0.15) is 4.80 Å². The van der Waals surface area contributed by atoms with Gasteiger partial charge in [0.2, 0.25) is 0 Å². The molecule has 1 N–H and O–H groups in total. The lowest BCUT2D eigenvalue weighted by Crippen LogP contribution is -2.48. The van der Waals surface area contributed by atoms with Crippen LogP contribution in [0.25, 0.3) is 0 Å². The summed E-state index contributed by atoms with van der Waals surface area (Å²) in [7, 11) is 1.71. The molecule has 0 aliphatic carbocycles. The zero-order valence-corrected chi connectivity index (χ0v) is 10.3. The molecular formula is C10H19N5O2. The van der Waals surface area contributed by atoms with E-state index in [2.05, 4.69) is 27.2 Å². The van der Waals surface area contributed by atoms with Gasteiger partial charge < -0.3 is 9.84 Å². The Labute approximate surface area is 100 Å². The third-order valence-electron chi connectivity index (χ3n) is 3.00. The monoisotopic (exact) mass is 241 g/mol. The zero-order chi connectivity index (χ0) is 12.3. The number of aliphatic hydroxyl groups is 1. The lowest BCUT2D eigenvalue weighted by atomic mass is 10.1. The highest BCUT2D eigenvalue weighted by Gasteiger charge is 2.27. The maximum Gasteiger partial charge on any atom is 0.177 e. The first-order valence-electron chi connectivity index (χ1n) is 5.94. The predicted molar refractivity (Wildman–Crippen MR) is 60.4 cm³/mol. The summed E-state index contributed by atoms with van der Waals surface area (Å²) in [6.45, 7) is 5.46. The molecule has 2 atom stereocenters. The first-order valence-corrected chi connectivity index (χ1v) is 5.94. The van der Waals surface area contributed by atoms with Gasteiger partial charge in [-0.15, -0.1) is 10.2 Å². The maximum atomic E-state index is 10.1. The highest BCUT2D eigenvalue weighted by atomic mass is 16.5. The molecule has 0 bridgehead atoms. The van der Waals surface area contributed by atoms with E-state index >= 15 is 0 Å². The van der Waals surface area contributed by atoms with E-state index in [4.69, 9.17) is 4.74 Å². The van der Waals surface area contributed by atoms with E-state index in [1.54, 1.807) is 7.05 Å². The van der Waals surface area contributed by atoms with Gasteiger partial charge in [0.1, 0.15) is 0 Å². The number of tetrazole rings is 1. The highest BCUT2D eigenvalue weighted by molar-refractivity contribution is 4.87. The molecular weight excluding hydrogens is 222 g/mol. The molecule has 7 nitrogen and oxygen atoms in total. The molecule has 2 unspecified atom stereocenters. The van der Waals surface area contributed by atoms with E-state index < -0.39 is 6.10 Å². The number of ether oxygens (including phenoxy) is 1. The van der Waals surface area contributed by atoms with Gasteiger partial charge in [0, 0.05) is 19.5 Å². The topological polar surface area (TPSA) is 76.3 Å². The minimum Gasteiger partial charge on any atom is -0.390 e. The Kier molecular flexibility index (Phi) is 4.03. The fraction of sp³-hybridized carbons (Fsp3) is 0.900. The highest BCUT2D eigenvalue weighted by Crippen LogP contribution is 2.11. The van der Waals surface area contributed by atoms with E-state index in [0.717, 1.165) is 19.6 Å². The second-order valence-corrected chi connectivity index (χ2v) is 4.27. The van der Waals surface area contributed by atoms with Crippen molar-refractivity contribution < 1.29 is 9.84 Å². The Morgan fingerprint density at radius 3 is 3.06 bits per heavy atom. The predicted octanol–water partition coefficient (Wildman–Crippen LogP) is -1.17. The van der Waals surface area contributed by atoms with Crippen molar-refractivity contribution in [2.24, 2.45) is 7.05 Å². The fourth-order valence-electron chi connectivity index (χ4n) is 1.98. The molecule has 1 saturated heterocycles. The number of rotatable bonds is 4. The largest absolute Gasteiger partial charge is 0.390 e. The molecule has 1 fully saturated rings. The van der Waals surface area contributed by atoms with Crippen LogP contribution >= 0.6 is 0 Å². The standard InChI is InChI=1S/C10H19N5O2/c1-3-15-4-5-17-9(7-15)8(16)6-10-11-13-14(2)12-10/h8-9,16H,3-7H2,1-2H3. The number of aryl methyl sites for hydroxylation is 1. The van der Waals surface area contributed by atoms with Crippen LogP contribution in [0.5, 0.6) is 0 Å². The summed E-state index contributed by atoms with van der Waals surface area (Å²) in [6, 6.07) is 0. The van der Waals surface area contributed by atoms with Crippen LogP contribution in [0.1, 0.15) is 12.7 Å². The van der Waals surface area contributed by atoms with Crippen molar-refractivity contribution in [1.29, 1.82) is 0 Å². The summed E-state index contributed by atoms with van der Waals surface area (Å²) in [5.41, 5.74) is 0. The number of hydrogen-bond donors (Lipinski definition) is 1. The van der Waals surface area contributed by atoms with Crippen LogP contribution in [0.4, 0.5) is 0 Å². The normalized spacial score (nSPS) is 23.8. The van der Waals surface area contributed by atoms with Gasteiger partial charge in [0.05, 0.1) is 25.9 Å². The molecule has 0 spiro atoms. The second-order valence-electron chi connectivity index (χ2n) is 4.27. The van der Waals surface area contributed by atoms with Crippen LogP contribution < -0.4 is 0 Å². The molecule has 17 heavy (non-hydrogen) atoms. The number of aliphatic hydroxyl groups excluding tert-OH is 1. The molecule has 1 aliphatic heterocycles. The quantitative estimate of drug-likeness (QED) is 0.716. The van der Waals surface area contributed by atoms with Crippen molar-refractivity contribution in [3.8, 4) is 0 Å². The molecule has 7 heteroatoms. The lowest BCUT2D eigenvalue weighted by molar-refractivity contribution is -0.0872. The molecule has 1 aromatic heterocycles. The van der Waals surface area contributed by atoms with Crippen LogP contribution in [-0.4, -0.2) is 68.7 Å². The number of hydrogen-bond acceptors (Lipinski definition) is 6. The van der Waals surface area contributed by atoms with E-state index in [1.807, 2.05) is 0 Å². The van der Waals surface area contributed by atoms with Gasteiger partial charge in [0.25, 0.3) is 0 Å². The SMILES string of the molecule is CCN1CCOC(C(O)Cc2nnn(C)n2)C1. The van der Waals surface area contributed by atoms with E-state index in [9.17, 15) is 5.11 Å². The summed E-state index contributed by atoms with van der Waals surface area (Å²) >= 11 is 0. The minimum absolute atomic E-state index is 0.160. The van der Waals surface area contributed by atoms with Crippen molar-refractivity contribution in [2.75, 3.05) is 26.2 Å². The Balaban J connectivity index is 1.88. The van der Waals surface area contributed by atoms with E-state index in [0.29, 0.717) is 18.9 Å². The lowest BCUT2D eigenvalue weighted by Gasteiger charge is -2.34. The molecule has 2 heterocycles. The van der Waals surface area contributed by atoms with Gasteiger partial charge in [-0.3, -0.25) is 4.90 Å². The first kappa shape index (κ1) is 12.4. The molecule has 1 aliphatic rings. The molecule has 0 aromatic carbocycles. The van der Waals surface area contributed by atoms with Crippen LogP contribution in [0.15, 0.2) is 0 Å². The van der Waals surface area contributed by atoms with Crippen LogP contribution in [0.3, 0.4) is 0 Å². The number of likely N-dealkylation sites (N-methyl/N-ethyl adjacent to an activating group) is 1. The Morgan fingerprint density at radius 2 is 2.41 bits per heavy atom. The van der Waals surface area contributed by atoms with Crippen molar-refractivity contribution in [3.63, 3.8) is 0 Å². The summed E-state index contributed by atoms with van der Waals surface area (Å²) in [5, 5.41) is 21.7.